The Bertz CT molecular complexity index is 615. The number of carbonyl (C=O) groups is 2. The zero-order valence-electron chi connectivity index (χ0n) is 11.4. The van der Waals surface area contributed by atoms with Crippen LogP contribution in [-0.2, 0) is 4.79 Å². The Balaban J connectivity index is 1.98. The number of amides is 2. The Hall–Kier alpha value is -2.39. The highest BCUT2D eigenvalue weighted by Crippen LogP contribution is 2.18. The van der Waals surface area contributed by atoms with E-state index in [1.54, 1.807) is 0 Å². The van der Waals surface area contributed by atoms with E-state index in [0.29, 0.717) is 5.56 Å². The quantitative estimate of drug-likeness (QED) is 0.690. The summed E-state index contributed by atoms with van der Waals surface area (Å²) in [6, 6.07) is 4.20. The Labute approximate surface area is 122 Å². The molecule has 5 nitrogen and oxygen atoms in total. The van der Waals surface area contributed by atoms with Crippen LogP contribution in [0.4, 0.5) is 4.39 Å². The molecule has 0 aliphatic heterocycles. The third-order valence-electron chi connectivity index (χ3n) is 2.90. The molecule has 0 bridgehead atoms. The van der Waals surface area contributed by atoms with E-state index < -0.39 is 11.7 Å². The van der Waals surface area contributed by atoms with Gasteiger partial charge in [-0.2, -0.15) is 0 Å². The molecule has 1 saturated carbocycles. The first kappa shape index (κ1) is 15.0. The molecule has 1 fully saturated rings. The van der Waals surface area contributed by atoms with Gasteiger partial charge in [0.15, 0.2) is 0 Å². The summed E-state index contributed by atoms with van der Waals surface area (Å²) in [6.45, 7) is 0.00766. The van der Waals surface area contributed by atoms with E-state index >= 15 is 0 Å². The molecule has 110 valence electrons. The van der Waals surface area contributed by atoms with Gasteiger partial charge in [0.05, 0.1) is 18.7 Å². The molecule has 6 heteroatoms. The molecular formula is C15H16FN3O2. The highest BCUT2D eigenvalue weighted by molar-refractivity contribution is 5.97. The summed E-state index contributed by atoms with van der Waals surface area (Å²) >= 11 is 0. The predicted octanol–water partition coefficient (Wildman–Crippen LogP) is 0.144. The maximum absolute atomic E-state index is 13.7. The largest absolute Gasteiger partial charge is 0.352 e. The summed E-state index contributed by atoms with van der Waals surface area (Å²) in [5, 5.41) is 5.12. The minimum atomic E-state index is -0.659. The molecule has 1 aromatic rings. The second-order valence-electron chi connectivity index (χ2n) is 4.72. The van der Waals surface area contributed by atoms with Crippen LogP contribution in [0.1, 0.15) is 28.8 Å². The molecule has 2 rings (SSSR count). The molecule has 21 heavy (non-hydrogen) atoms. The Morgan fingerprint density at radius 2 is 2.14 bits per heavy atom. The van der Waals surface area contributed by atoms with Crippen LogP contribution < -0.4 is 16.4 Å². The van der Waals surface area contributed by atoms with Gasteiger partial charge in [0.1, 0.15) is 5.82 Å². The first-order chi connectivity index (χ1) is 10.1. The standard InChI is InChI=1S/C15H16FN3O2/c16-13-6-3-10(2-1-7-17)8-12(13)15(21)18-9-14(20)19-11-4-5-11/h3,6,8,11H,4-5,7,9,17H2,(H,18,21)(H,19,20). The van der Waals surface area contributed by atoms with Gasteiger partial charge in [-0.25, -0.2) is 4.39 Å². The minimum absolute atomic E-state index is 0.141. The summed E-state index contributed by atoms with van der Waals surface area (Å²) < 4.78 is 13.7. The van der Waals surface area contributed by atoms with Gasteiger partial charge in [-0.05, 0) is 31.0 Å². The van der Waals surface area contributed by atoms with Crippen molar-refractivity contribution in [2.24, 2.45) is 5.73 Å². The van der Waals surface area contributed by atoms with Crippen molar-refractivity contribution in [2.45, 2.75) is 18.9 Å². The van der Waals surface area contributed by atoms with Gasteiger partial charge in [0.25, 0.3) is 5.91 Å². The second-order valence-corrected chi connectivity index (χ2v) is 4.72. The molecule has 1 aliphatic carbocycles. The zero-order chi connectivity index (χ0) is 15.2. The summed E-state index contributed by atoms with van der Waals surface area (Å²) in [5.74, 6) is 3.78. The fraction of sp³-hybridized carbons (Fsp3) is 0.333. The van der Waals surface area contributed by atoms with Gasteiger partial charge in [-0.3, -0.25) is 9.59 Å². The molecule has 0 aromatic heterocycles. The van der Waals surface area contributed by atoms with Crippen molar-refractivity contribution in [3.05, 3.63) is 35.1 Å². The molecule has 1 aliphatic rings. The van der Waals surface area contributed by atoms with Crippen molar-refractivity contribution >= 4 is 11.8 Å². The van der Waals surface area contributed by atoms with Crippen molar-refractivity contribution in [1.82, 2.24) is 10.6 Å². The summed E-state index contributed by atoms with van der Waals surface area (Å²) in [7, 11) is 0. The Morgan fingerprint density at radius 3 is 2.81 bits per heavy atom. The predicted molar refractivity (Wildman–Crippen MR) is 75.8 cm³/mol. The molecule has 0 spiro atoms. The molecule has 0 atom stereocenters. The average molecular weight is 289 g/mol. The lowest BCUT2D eigenvalue weighted by molar-refractivity contribution is -0.120. The highest BCUT2D eigenvalue weighted by atomic mass is 19.1. The van der Waals surface area contributed by atoms with Crippen LogP contribution in [-0.4, -0.2) is 30.9 Å². The third-order valence-corrected chi connectivity index (χ3v) is 2.90. The third kappa shape index (κ3) is 4.58. The van der Waals surface area contributed by atoms with Gasteiger partial charge in [0, 0.05) is 11.6 Å². The molecule has 4 N–H and O–H groups in total. The average Bonchev–Trinajstić information content (AvgIpc) is 3.27. The normalized spacial score (nSPS) is 13.0. The lowest BCUT2D eigenvalue weighted by atomic mass is 10.1. The molecule has 0 saturated heterocycles. The van der Waals surface area contributed by atoms with Gasteiger partial charge in [-0.1, -0.05) is 11.8 Å². The molecule has 0 unspecified atom stereocenters. The van der Waals surface area contributed by atoms with Gasteiger partial charge in [-0.15, -0.1) is 0 Å². The van der Waals surface area contributed by atoms with Crippen LogP contribution in [0.15, 0.2) is 18.2 Å². The topological polar surface area (TPSA) is 84.2 Å². The number of nitrogens with two attached hydrogens (primary N) is 1. The first-order valence-corrected chi connectivity index (χ1v) is 6.66. The van der Waals surface area contributed by atoms with Crippen LogP contribution in [0, 0.1) is 17.7 Å². The van der Waals surface area contributed by atoms with Crippen molar-refractivity contribution in [3.63, 3.8) is 0 Å². The summed E-state index contributed by atoms with van der Waals surface area (Å²) in [6.07, 6.45) is 1.94. The van der Waals surface area contributed by atoms with Crippen molar-refractivity contribution < 1.29 is 14.0 Å². The molecule has 2 amide bonds. The minimum Gasteiger partial charge on any atom is -0.352 e. The SMILES string of the molecule is NCC#Cc1ccc(F)c(C(=O)NCC(=O)NC2CC2)c1. The van der Waals surface area contributed by atoms with Crippen molar-refractivity contribution in [3.8, 4) is 11.8 Å². The molecule has 1 aromatic carbocycles. The van der Waals surface area contributed by atoms with Crippen molar-refractivity contribution in [1.29, 1.82) is 0 Å². The van der Waals surface area contributed by atoms with Crippen molar-refractivity contribution in [2.75, 3.05) is 13.1 Å². The lowest BCUT2D eigenvalue weighted by Gasteiger charge is -2.07. The molecule has 0 radical (unpaired) electrons. The van der Waals surface area contributed by atoms with E-state index in [-0.39, 0.29) is 30.6 Å². The van der Waals surface area contributed by atoms with E-state index in [4.69, 9.17) is 5.73 Å². The molecule has 0 heterocycles. The maximum Gasteiger partial charge on any atom is 0.254 e. The van der Waals surface area contributed by atoms with E-state index in [1.165, 1.54) is 18.2 Å². The van der Waals surface area contributed by atoms with Crippen LogP contribution in [0.25, 0.3) is 0 Å². The van der Waals surface area contributed by atoms with E-state index in [0.717, 1.165) is 12.8 Å². The number of carbonyl (C=O) groups excluding carboxylic acids is 2. The lowest BCUT2D eigenvalue weighted by Crippen LogP contribution is -2.38. The van der Waals surface area contributed by atoms with Crippen LogP contribution in [0.3, 0.4) is 0 Å². The zero-order valence-corrected chi connectivity index (χ0v) is 11.4. The van der Waals surface area contributed by atoms with E-state index in [1.807, 2.05) is 0 Å². The Kier molecular flexibility index (Phi) is 4.90. The van der Waals surface area contributed by atoms with Gasteiger partial charge < -0.3 is 16.4 Å². The van der Waals surface area contributed by atoms with E-state index in [2.05, 4.69) is 22.5 Å². The number of rotatable bonds is 4. The Morgan fingerprint density at radius 1 is 1.38 bits per heavy atom. The van der Waals surface area contributed by atoms with Crippen LogP contribution >= 0.6 is 0 Å². The van der Waals surface area contributed by atoms with Crippen LogP contribution in [0.2, 0.25) is 0 Å². The van der Waals surface area contributed by atoms with Gasteiger partial charge >= 0.3 is 0 Å². The molecular weight excluding hydrogens is 273 g/mol. The summed E-state index contributed by atoms with van der Waals surface area (Å²) in [4.78, 5) is 23.4. The van der Waals surface area contributed by atoms with Gasteiger partial charge in [0.2, 0.25) is 5.91 Å². The maximum atomic E-state index is 13.7. The smallest absolute Gasteiger partial charge is 0.254 e. The second kappa shape index (κ2) is 6.86. The number of halogens is 1. The number of benzene rings is 1. The highest BCUT2D eigenvalue weighted by Gasteiger charge is 2.23. The number of nitrogens with one attached hydrogen (secondary N) is 2. The summed E-state index contributed by atoms with van der Waals surface area (Å²) in [5.41, 5.74) is 5.61. The first-order valence-electron chi connectivity index (χ1n) is 6.66. The monoisotopic (exact) mass is 289 g/mol. The fourth-order valence-electron chi connectivity index (χ4n) is 1.69. The number of hydrogen-bond acceptors (Lipinski definition) is 3. The number of hydrogen-bond donors (Lipinski definition) is 3. The van der Waals surface area contributed by atoms with Crippen LogP contribution in [0.5, 0.6) is 0 Å². The fourth-order valence-corrected chi connectivity index (χ4v) is 1.69. The van der Waals surface area contributed by atoms with E-state index in [9.17, 15) is 14.0 Å².